The summed E-state index contributed by atoms with van der Waals surface area (Å²) in [6.45, 7) is 3.69. The van der Waals surface area contributed by atoms with Crippen LogP contribution in [0.1, 0.15) is 31.2 Å². The highest BCUT2D eigenvalue weighted by atomic mass is 35.5. The Labute approximate surface area is 143 Å². The van der Waals surface area contributed by atoms with Crippen molar-refractivity contribution in [3.8, 4) is 0 Å². The number of halogens is 1. The van der Waals surface area contributed by atoms with Crippen molar-refractivity contribution in [2.24, 2.45) is 11.8 Å². The van der Waals surface area contributed by atoms with Gasteiger partial charge in [-0.1, -0.05) is 6.07 Å². The second kappa shape index (κ2) is 7.79. The Morgan fingerprint density at radius 2 is 1.83 bits per heavy atom. The number of amides is 2. The molecule has 1 aromatic carbocycles. The summed E-state index contributed by atoms with van der Waals surface area (Å²) in [5.74, 6) is 0.337. The van der Waals surface area contributed by atoms with Crippen LogP contribution in [0.3, 0.4) is 0 Å². The van der Waals surface area contributed by atoms with E-state index in [9.17, 15) is 9.59 Å². The maximum absolute atomic E-state index is 12.3. The number of piperidine rings is 1. The quantitative estimate of drug-likeness (QED) is 0.791. The summed E-state index contributed by atoms with van der Waals surface area (Å²) < 4.78 is 0. The number of hydrogen-bond acceptors (Lipinski definition) is 3. The molecule has 1 aliphatic heterocycles. The molecule has 1 unspecified atom stereocenters. The number of hydrogen-bond donors (Lipinski definition) is 3. The van der Waals surface area contributed by atoms with Gasteiger partial charge in [-0.15, -0.1) is 12.4 Å². The van der Waals surface area contributed by atoms with Crippen LogP contribution in [0.4, 0.5) is 11.4 Å². The molecule has 3 N–H and O–H groups in total. The maximum Gasteiger partial charge on any atom is 0.228 e. The van der Waals surface area contributed by atoms with Crippen LogP contribution < -0.4 is 16.0 Å². The summed E-state index contributed by atoms with van der Waals surface area (Å²) in [4.78, 5) is 24.2. The molecular weight excluding hydrogens is 314 g/mol. The van der Waals surface area contributed by atoms with Gasteiger partial charge in [-0.05, 0) is 56.8 Å². The number of aryl methyl sites for hydroxylation is 1. The monoisotopic (exact) mass is 337 g/mol. The van der Waals surface area contributed by atoms with E-state index in [1.54, 1.807) is 0 Å². The van der Waals surface area contributed by atoms with Crippen molar-refractivity contribution in [3.63, 3.8) is 0 Å². The van der Waals surface area contributed by atoms with Gasteiger partial charge in [-0.2, -0.15) is 0 Å². The van der Waals surface area contributed by atoms with E-state index in [4.69, 9.17) is 0 Å². The molecule has 0 aromatic heterocycles. The highest BCUT2D eigenvalue weighted by Crippen LogP contribution is 2.31. The largest absolute Gasteiger partial charge is 0.326 e. The molecule has 5 nitrogen and oxygen atoms in total. The lowest BCUT2D eigenvalue weighted by Gasteiger charge is -2.22. The van der Waals surface area contributed by atoms with E-state index in [1.165, 1.54) is 0 Å². The van der Waals surface area contributed by atoms with Crippen molar-refractivity contribution in [2.75, 3.05) is 23.7 Å². The van der Waals surface area contributed by atoms with Gasteiger partial charge in [0.1, 0.15) is 0 Å². The second-order valence-corrected chi connectivity index (χ2v) is 6.33. The number of benzene rings is 1. The van der Waals surface area contributed by atoms with E-state index in [0.29, 0.717) is 0 Å². The Bertz CT molecular complexity index is 581. The summed E-state index contributed by atoms with van der Waals surface area (Å²) in [5.41, 5.74) is 2.53. The lowest BCUT2D eigenvalue weighted by Crippen LogP contribution is -2.37. The van der Waals surface area contributed by atoms with E-state index in [1.807, 2.05) is 25.1 Å². The molecule has 1 aliphatic carbocycles. The van der Waals surface area contributed by atoms with Gasteiger partial charge in [0.25, 0.3) is 0 Å². The van der Waals surface area contributed by atoms with Crippen LogP contribution in [0.5, 0.6) is 0 Å². The number of carbonyl (C=O) groups excluding carboxylic acids is 2. The van der Waals surface area contributed by atoms with Gasteiger partial charge in [0.05, 0.1) is 5.92 Å². The molecule has 1 saturated carbocycles. The highest BCUT2D eigenvalue weighted by Gasteiger charge is 2.29. The lowest BCUT2D eigenvalue weighted by molar-refractivity contribution is -0.120. The minimum atomic E-state index is 0. The first-order valence-corrected chi connectivity index (χ1v) is 8.06. The summed E-state index contributed by atoms with van der Waals surface area (Å²) in [6.07, 6.45) is 3.93. The molecular formula is C17H24ClN3O2. The molecule has 1 heterocycles. The van der Waals surface area contributed by atoms with Crippen molar-refractivity contribution in [3.05, 3.63) is 23.8 Å². The fraction of sp³-hybridized carbons (Fsp3) is 0.529. The Morgan fingerprint density at radius 3 is 2.48 bits per heavy atom. The molecule has 2 aliphatic rings. The lowest BCUT2D eigenvalue weighted by atomic mass is 9.98. The number of carbonyl (C=O) groups is 2. The van der Waals surface area contributed by atoms with Crippen LogP contribution in [0.15, 0.2) is 18.2 Å². The molecule has 1 atom stereocenters. The first-order valence-electron chi connectivity index (χ1n) is 8.06. The number of nitrogens with one attached hydrogen (secondary N) is 3. The van der Waals surface area contributed by atoms with E-state index in [2.05, 4.69) is 16.0 Å². The summed E-state index contributed by atoms with van der Waals surface area (Å²) in [5, 5.41) is 9.19. The zero-order valence-electron chi connectivity index (χ0n) is 13.4. The summed E-state index contributed by atoms with van der Waals surface area (Å²) in [6, 6.07) is 5.66. The van der Waals surface area contributed by atoms with Gasteiger partial charge in [-0.3, -0.25) is 9.59 Å². The molecule has 3 rings (SSSR count). The number of rotatable bonds is 4. The summed E-state index contributed by atoms with van der Waals surface area (Å²) in [7, 11) is 0. The molecule has 0 spiro atoms. The molecule has 0 bridgehead atoms. The molecule has 23 heavy (non-hydrogen) atoms. The van der Waals surface area contributed by atoms with Crippen molar-refractivity contribution in [1.82, 2.24) is 5.32 Å². The van der Waals surface area contributed by atoms with Crippen LogP contribution in [0, 0.1) is 18.8 Å². The number of anilines is 2. The van der Waals surface area contributed by atoms with Crippen LogP contribution in [-0.4, -0.2) is 24.9 Å². The van der Waals surface area contributed by atoms with Crippen molar-refractivity contribution < 1.29 is 9.59 Å². The third kappa shape index (κ3) is 4.69. The molecule has 126 valence electrons. The zero-order valence-corrected chi connectivity index (χ0v) is 14.2. The van der Waals surface area contributed by atoms with Gasteiger partial charge in [-0.25, -0.2) is 0 Å². The molecule has 2 fully saturated rings. The van der Waals surface area contributed by atoms with E-state index < -0.39 is 0 Å². The highest BCUT2D eigenvalue weighted by molar-refractivity contribution is 5.97. The average Bonchev–Trinajstić information content (AvgIpc) is 3.36. The Morgan fingerprint density at radius 1 is 1.09 bits per heavy atom. The third-order valence-electron chi connectivity index (χ3n) is 4.38. The Balaban J connectivity index is 0.00000192. The third-order valence-corrected chi connectivity index (χ3v) is 4.38. The van der Waals surface area contributed by atoms with Gasteiger partial charge >= 0.3 is 0 Å². The first-order chi connectivity index (χ1) is 10.6. The Kier molecular flexibility index (Phi) is 6.02. The normalized spacial score (nSPS) is 20.3. The Hall–Kier alpha value is -1.59. The van der Waals surface area contributed by atoms with Crippen LogP contribution >= 0.6 is 12.4 Å². The fourth-order valence-corrected chi connectivity index (χ4v) is 2.73. The van der Waals surface area contributed by atoms with Gasteiger partial charge in [0.15, 0.2) is 0 Å². The van der Waals surface area contributed by atoms with Gasteiger partial charge in [0.2, 0.25) is 11.8 Å². The summed E-state index contributed by atoms with van der Waals surface area (Å²) >= 11 is 0. The van der Waals surface area contributed by atoms with Crippen LogP contribution in [0.25, 0.3) is 0 Å². The van der Waals surface area contributed by atoms with E-state index >= 15 is 0 Å². The molecule has 0 radical (unpaired) electrons. The van der Waals surface area contributed by atoms with Crippen LogP contribution in [-0.2, 0) is 9.59 Å². The van der Waals surface area contributed by atoms with Gasteiger partial charge in [0, 0.05) is 23.8 Å². The fourth-order valence-electron chi connectivity index (χ4n) is 2.73. The molecule has 6 heteroatoms. The first kappa shape index (κ1) is 17.8. The molecule has 2 amide bonds. The zero-order chi connectivity index (χ0) is 15.5. The standard InChI is InChI=1S/C17H23N3O2.ClH/c1-11-4-7-14(19-16(21)12-5-6-12)9-15(11)20-17(22)13-3-2-8-18-10-13;/h4,7,9,12-13,18H,2-3,5-6,8,10H2,1H3,(H,19,21)(H,20,22);1H. The van der Waals surface area contributed by atoms with Gasteiger partial charge < -0.3 is 16.0 Å². The topological polar surface area (TPSA) is 70.2 Å². The predicted octanol–water partition coefficient (Wildman–Crippen LogP) is 2.70. The van der Waals surface area contributed by atoms with E-state index in [0.717, 1.165) is 55.7 Å². The SMILES string of the molecule is Cc1ccc(NC(=O)C2CC2)cc1NC(=O)C1CCCNC1.Cl. The second-order valence-electron chi connectivity index (χ2n) is 6.33. The van der Waals surface area contributed by atoms with Crippen molar-refractivity contribution in [2.45, 2.75) is 32.6 Å². The molecule has 1 aromatic rings. The predicted molar refractivity (Wildman–Crippen MR) is 94.0 cm³/mol. The smallest absolute Gasteiger partial charge is 0.228 e. The minimum Gasteiger partial charge on any atom is -0.326 e. The minimum absolute atomic E-state index is 0. The van der Waals surface area contributed by atoms with Crippen molar-refractivity contribution >= 4 is 35.6 Å². The van der Waals surface area contributed by atoms with Crippen molar-refractivity contribution in [1.29, 1.82) is 0 Å². The van der Waals surface area contributed by atoms with Crippen LogP contribution in [0.2, 0.25) is 0 Å². The van der Waals surface area contributed by atoms with E-state index in [-0.39, 0.29) is 36.1 Å². The molecule has 1 saturated heterocycles. The maximum atomic E-state index is 12.3. The average molecular weight is 338 g/mol.